The first-order valence-electron chi connectivity index (χ1n) is 6.62. The van der Waals surface area contributed by atoms with Crippen molar-refractivity contribution in [1.29, 1.82) is 5.26 Å². The Bertz CT molecular complexity index is 619. The molecule has 0 amide bonds. The van der Waals surface area contributed by atoms with Gasteiger partial charge in [-0.2, -0.15) is 27.2 Å². The molecule has 134 valence electrons. The van der Waals surface area contributed by atoms with Crippen LogP contribution in [-0.4, -0.2) is 36.3 Å². The molecular formula is C13H14ClF5N4O. The van der Waals surface area contributed by atoms with Crippen LogP contribution in [0.15, 0.2) is 12.3 Å². The highest BCUT2D eigenvalue weighted by atomic mass is 35.5. The van der Waals surface area contributed by atoms with Crippen molar-refractivity contribution >= 4 is 18.2 Å². The van der Waals surface area contributed by atoms with Gasteiger partial charge in [-0.05, 0) is 13.0 Å². The zero-order valence-electron chi connectivity index (χ0n) is 12.3. The van der Waals surface area contributed by atoms with E-state index in [1.54, 1.807) is 6.07 Å². The van der Waals surface area contributed by atoms with E-state index in [1.165, 1.54) is 6.92 Å². The van der Waals surface area contributed by atoms with E-state index in [2.05, 4.69) is 20.4 Å². The average molecular weight is 373 g/mol. The van der Waals surface area contributed by atoms with Gasteiger partial charge < -0.3 is 15.4 Å². The molecule has 1 fully saturated rings. The fourth-order valence-corrected chi connectivity index (χ4v) is 2.10. The summed E-state index contributed by atoms with van der Waals surface area (Å²) in [5.74, 6) is -0.0492. The summed E-state index contributed by atoms with van der Waals surface area (Å²) in [5, 5.41) is 14.2. The van der Waals surface area contributed by atoms with Crippen LogP contribution < -0.4 is 10.6 Å². The van der Waals surface area contributed by atoms with Crippen molar-refractivity contribution in [2.24, 2.45) is 0 Å². The number of nitrogens with zero attached hydrogens (tertiary/aromatic N) is 2. The number of hydrogen-bond donors (Lipinski definition) is 2. The lowest BCUT2D eigenvalue weighted by molar-refractivity contribution is -0.278. The summed E-state index contributed by atoms with van der Waals surface area (Å²) in [5.41, 5.74) is -1.32. The lowest BCUT2D eigenvalue weighted by atomic mass is 10.1. The SMILES string of the molecule is C[C@@H]1OC(F)(F)CN[C@@H]1CNc1ncc(C(F)(F)F)cc1C#N.Cl. The van der Waals surface area contributed by atoms with Gasteiger partial charge in [0, 0.05) is 12.7 Å². The van der Waals surface area contributed by atoms with Gasteiger partial charge in [0.05, 0.1) is 29.8 Å². The van der Waals surface area contributed by atoms with Gasteiger partial charge in [0.25, 0.3) is 0 Å². The van der Waals surface area contributed by atoms with Crippen LogP contribution in [0, 0.1) is 11.3 Å². The number of pyridine rings is 1. The first-order chi connectivity index (χ1) is 10.6. The number of halogens is 6. The predicted octanol–water partition coefficient (Wildman–Crippen LogP) is 2.78. The third-order valence-electron chi connectivity index (χ3n) is 3.32. The van der Waals surface area contributed by atoms with E-state index in [0.717, 1.165) is 0 Å². The molecule has 1 saturated heterocycles. The molecule has 0 unspecified atom stereocenters. The van der Waals surface area contributed by atoms with E-state index >= 15 is 0 Å². The number of alkyl halides is 5. The summed E-state index contributed by atoms with van der Waals surface area (Å²) >= 11 is 0. The van der Waals surface area contributed by atoms with Gasteiger partial charge in [-0.25, -0.2) is 4.98 Å². The number of ether oxygens (including phenoxy) is 1. The van der Waals surface area contributed by atoms with Crippen LogP contribution in [0.1, 0.15) is 18.1 Å². The summed E-state index contributed by atoms with van der Waals surface area (Å²) in [6, 6.07) is 1.79. The maximum absolute atomic E-state index is 13.0. The van der Waals surface area contributed by atoms with Gasteiger partial charge in [0.15, 0.2) is 0 Å². The minimum Gasteiger partial charge on any atom is -0.367 e. The molecule has 1 aromatic rings. The van der Waals surface area contributed by atoms with Gasteiger partial charge in [0.2, 0.25) is 0 Å². The van der Waals surface area contributed by atoms with Crippen LogP contribution >= 0.6 is 12.4 Å². The quantitative estimate of drug-likeness (QED) is 0.798. The Balaban J connectivity index is 0.00000288. The lowest BCUT2D eigenvalue weighted by Gasteiger charge is -2.35. The summed E-state index contributed by atoms with van der Waals surface area (Å²) < 4.78 is 68.2. The Morgan fingerprint density at radius 3 is 2.71 bits per heavy atom. The Morgan fingerprint density at radius 2 is 2.17 bits per heavy atom. The molecule has 0 radical (unpaired) electrons. The Hall–Kier alpha value is -1.70. The topological polar surface area (TPSA) is 70.0 Å². The highest BCUT2D eigenvalue weighted by molar-refractivity contribution is 5.85. The second-order valence-corrected chi connectivity index (χ2v) is 5.06. The van der Waals surface area contributed by atoms with Gasteiger partial charge in [0.1, 0.15) is 11.9 Å². The molecule has 0 spiro atoms. The highest BCUT2D eigenvalue weighted by Gasteiger charge is 2.40. The van der Waals surface area contributed by atoms with Gasteiger partial charge in [-0.1, -0.05) is 0 Å². The number of nitrogens with one attached hydrogen (secondary N) is 2. The van der Waals surface area contributed by atoms with E-state index in [1.807, 2.05) is 0 Å². The second-order valence-electron chi connectivity index (χ2n) is 5.06. The van der Waals surface area contributed by atoms with Crippen LogP contribution in [0.2, 0.25) is 0 Å². The van der Waals surface area contributed by atoms with Gasteiger partial charge in [-0.3, -0.25) is 0 Å². The number of morpholine rings is 1. The van der Waals surface area contributed by atoms with Crippen LogP contribution in [-0.2, 0) is 10.9 Å². The lowest BCUT2D eigenvalue weighted by Crippen LogP contribution is -2.57. The number of aromatic nitrogens is 1. The largest absolute Gasteiger partial charge is 0.417 e. The fraction of sp³-hybridized carbons (Fsp3) is 0.538. The molecule has 0 aromatic carbocycles. The van der Waals surface area contributed by atoms with Crippen molar-refractivity contribution in [3.8, 4) is 6.07 Å². The van der Waals surface area contributed by atoms with Crippen LogP contribution in [0.4, 0.5) is 27.8 Å². The van der Waals surface area contributed by atoms with Crippen LogP contribution in [0.3, 0.4) is 0 Å². The smallest absolute Gasteiger partial charge is 0.367 e. The number of nitriles is 1. The third kappa shape index (κ3) is 4.90. The first kappa shape index (κ1) is 20.3. The first-order valence-corrected chi connectivity index (χ1v) is 6.62. The average Bonchev–Trinajstić information content (AvgIpc) is 2.44. The van der Waals surface area contributed by atoms with Gasteiger partial charge >= 0.3 is 12.3 Å². The van der Waals surface area contributed by atoms with Crippen molar-refractivity contribution in [3.63, 3.8) is 0 Å². The molecule has 1 aromatic heterocycles. The summed E-state index contributed by atoms with van der Waals surface area (Å²) in [6.45, 7) is 0.831. The zero-order valence-corrected chi connectivity index (χ0v) is 13.1. The minimum atomic E-state index is -4.60. The molecule has 0 aliphatic carbocycles. The maximum Gasteiger partial charge on any atom is 0.417 e. The highest BCUT2D eigenvalue weighted by Crippen LogP contribution is 2.30. The molecule has 0 saturated carbocycles. The molecule has 11 heteroatoms. The molecular weight excluding hydrogens is 359 g/mol. The molecule has 2 heterocycles. The number of anilines is 1. The Morgan fingerprint density at radius 1 is 1.50 bits per heavy atom. The van der Waals surface area contributed by atoms with E-state index in [9.17, 15) is 22.0 Å². The maximum atomic E-state index is 13.0. The Kier molecular flexibility index (Phi) is 6.32. The molecule has 0 bridgehead atoms. The van der Waals surface area contributed by atoms with Crippen LogP contribution in [0.5, 0.6) is 0 Å². The van der Waals surface area contributed by atoms with Crippen molar-refractivity contribution in [1.82, 2.24) is 10.3 Å². The third-order valence-corrected chi connectivity index (χ3v) is 3.32. The normalized spacial score (nSPS) is 23.0. The van der Waals surface area contributed by atoms with Gasteiger partial charge in [-0.15, -0.1) is 12.4 Å². The Labute approximate surface area is 140 Å². The van der Waals surface area contributed by atoms with E-state index in [0.29, 0.717) is 12.3 Å². The van der Waals surface area contributed by atoms with E-state index < -0.39 is 36.5 Å². The summed E-state index contributed by atoms with van der Waals surface area (Å²) in [6.07, 6.45) is -8.09. The molecule has 1 aliphatic rings. The zero-order chi connectivity index (χ0) is 17.3. The van der Waals surface area contributed by atoms with Crippen molar-refractivity contribution in [3.05, 3.63) is 23.4 Å². The molecule has 2 N–H and O–H groups in total. The second kappa shape index (κ2) is 7.46. The van der Waals surface area contributed by atoms with E-state index in [4.69, 9.17) is 5.26 Å². The summed E-state index contributed by atoms with van der Waals surface area (Å²) in [7, 11) is 0. The standard InChI is InChI=1S/C13H13F5N4O.ClH/c1-7-10(22-6-12(14,15)23-7)5-21-11-8(3-19)2-9(4-20-11)13(16,17)18;/h2,4,7,10,22H,5-6H2,1H3,(H,20,21);1H/t7-,10+;/m0./s1. The summed E-state index contributed by atoms with van der Waals surface area (Å²) in [4.78, 5) is 3.58. The van der Waals surface area contributed by atoms with E-state index in [-0.39, 0.29) is 30.3 Å². The molecule has 2 atom stereocenters. The minimum absolute atomic E-state index is 0. The van der Waals surface area contributed by atoms with Crippen molar-refractivity contribution in [2.75, 3.05) is 18.4 Å². The predicted molar refractivity (Wildman–Crippen MR) is 77.0 cm³/mol. The fourth-order valence-electron chi connectivity index (χ4n) is 2.10. The number of hydrogen-bond acceptors (Lipinski definition) is 5. The number of rotatable bonds is 3. The van der Waals surface area contributed by atoms with Crippen molar-refractivity contribution in [2.45, 2.75) is 31.4 Å². The monoisotopic (exact) mass is 372 g/mol. The molecule has 1 aliphatic heterocycles. The molecule has 2 rings (SSSR count). The van der Waals surface area contributed by atoms with Crippen LogP contribution in [0.25, 0.3) is 0 Å². The molecule has 5 nitrogen and oxygen atoms in total. The van der Waals surface area contributed by atoms with Crippen molar-refractivity contribution < 1.29 is 26.7 Å². The molecule has 24 heavy (non-hydrogen) atoms.